The zero-order valence-electron chi connectivity index (χ0n) is 19.2. The molecule has 1 saturated heterocycles. The highest BCUT2D eigenvalue weighted by Crippen LogP contribution is 2.46. The van der Waals surface area contributed by atoms with Crippen LogP contribution in [0.5, 0.6) is 11.5 Å². The van der Waals surface area contributed by atoms with Crippen LogP contribution in [0, 0.1) is 6.92 Å². The maximum Gasteiger partial charge on any atom is 0.300 e. The number of benzene rings is 2. The molecule has 0 saturated carbocycles. The largest absolute Gasteiger partial charge is 0.507 e. The molecular weight excluding hydrogens is 474 g/mol. The Kier molecular flexibility index (Phi) is 6.68. The summed E-state index contributed by atoms with van der Waals surface area (Å²) in [6.45, 7) is 5.71. The number of thiophene rings is 1. The van der Waals surface area contributed by atoms with E-state index in [1.807, 2.05) is 32.2 Å². The number of hydrogen-bond donors (Lipinski definition) is 1. The number of carbonyl (C=O) groups is 2. The first-order valence-electron chi connectivity index (χ1n) is 10.7. The number of ketones is 1. The average molecular weight is 498 g/mol. The zero-order chi connectivity index (χ0) is 24.6. The van der Waals surface area contributed by atoms with Crippen molar-refractivity contribution in [1.82, 2.24) is 0 Å². The van der Waals surface area contributed by atoms with Crippen molar-refractivity contribution in [2.24, 2.45) is 0 Å². The predicted octanol–water partition coefficient (Wildman–Crippen LogP) is 6.13. The molecule has 1 N–H and O–H groups in total. The summed E-state index contributed by atoms with van der Waals surface area (Å²) in [4.78, 5) is 28.7. The summed E-state index contributed by atoms with van der Waals surface area (Å²) in [6, 6.07) is 12.8. The van der Waals surface area contributed by atoms with Crippen LogP contribution in [0.4, 0.5) is 5.69 Å². The SMILES string of the molecule is COc1ccc(N2C(=O)C(=O)/C(=C(\O)c3cccc(OC(C)C)c3)C2c2sccc2C)cc1Cl. The Labute approximate surface area is 207 Å². The lowest BCUT2D eigenvalue weighted by atomic mass is 9.98. The van der Waals surface area contributed by atoms with Gasteiger partial charge in [0.15, 0.2) is 0 Å². The van der Waals surface area contributed by atoms with Gasteiger partial charge in [-0.2, -0.15) is 0 Å². The summed E-state index contributed by atoms with van der Waals surface area (Å²) in [5.41, 5.74) is 1.75. The number of halogens is 1. The normalized spacial score (nSPS) is 17.5. The van der Waals surface area contributed by atoms with Gasteiger partial charge in [-0.3, -0.25) is 14.5 Å². The Bertz CT molecular complexity index is 1300. The molecule has 34 heavy (non-hydrogen) atoms. The second-order valence-electron chi connectivity index (χ2n) is 8.15. The quantitative estimate of drug-likeness (QED) is 0.252. The molecule has 4 rings (SSSR count). The van der Waals surface area contributed by atoms with Crippen LogP contribution in [0.1, 0.15) is 35.9 Å². The van der Waals surface area contributed by atoms with Gasteiger partial charge in [-0.05, 0) is 68.1 Å². The number of methoxy groups -OCH3 is 1. The van der Waals surface area contributed by atoms with E-state index >= 15 is 0 Å². The third-order valence-corrected chi connectivity index (χ3v) is 6.85. The highest BCUT2D eigenvalue weighted by atomic mass is 35.5. The van der Waals surface area contributed by atoms with Crippen molar-refractivity contribution in [3.05, 3.63) is 80.5 Å². The highest BCUT2D eigenvalue weighted by molar-refractivity contribution is 7.10. The predicted molar refractivity (Wildman–Crippen MR) is 134 cm³/mol. The summed E-state index contributed by atoms with van der Waals surface area (Å²) in [5, 5.41) is 13.5. The van der Waals surface area contributed by atoms with Crippen LogP contribution in [0.25, 0.3) is 5.76 Å². The highest BCUT2D eigenvalue weighted by Gasteiger charge is 2.48. The van der Waals surface area contributed by atoms with Crippen LogP contribution in [-0.4, -0.2) is 30.0 Å². The third-order valence-electron chi connectivity index (χ3n) is 5.49. The van der Waals surface area contributed by atoms with E-state index < -0.39 is 17.7 Å². The van der Waals surface area contributed by atoms with Gasteiger partial charge >= 0.3 is 0 Å². The van der Waals surface area contributed by atoms with Crippen LogP contribution >= 0.6 is 22.9 Å². The van der Waals surface area contributed by atoms with Gasteiger partial charge < -0.3 is 14.6 Å². The van der Waals surface area contributed by atoms with Crippen LogP contribution in [0.2, 0.25) is 5.02 Å². The Hall–Kier alpha value is -3.29. The Balaban J connectivity index is 1.90. The first-order chi connectivity index (χ1) is 16.2. The Morgan fingerprint density at radius 3 is 2.53 bits per heavy atom. The molecule has 2 heterocycles. The molecule has 1 aliphatic heterocycles. The number of nitrogens with zero attached hydrogens (tertiary/aromatic N) is 1. The molecule has 1 aliphatic rings. The molecule has 2 aromatic carbocycles. The van der Waals surface area contributed by atoms with E-state index in [0.29, 0.717) is 27.8 Å². The third kappa shape index (κ3) is 4.29. The van der Waals surface area contributed by atoms with Gasteiger partial charge in [-0.15, -0.1) is 11.3 Å². The maximum atomic E-state index is 13.3. The minimum Gasteiger partial charge on any atom is -0.507 e. The molecule has 1 atom stereocenters. The number of aryl methyl sites for hydroxylation is 1. The molecule has 0 spiro atoms. The van der Waals surface area contributed by atoms with E-state index in [4.69, 9.17) is 21.1 Å². The van der Waals surface area contributed by atoms with E-state index in [0.717, 1.165) is 10.4 Å². The molecule has 1 unspecified atom stereocenters. The fourth-order valence-electron chi connectivity index (χ4n) is 3.96. The zero-order valence-corrected chi connectivity index (χ0v) is 20.7. The number of aliphatic hydroxyl groups excluding tert-OH is 1. The number of Topliss-reactive ketones (excluding diaryl/α,β-unsaturated/α-hetero) is 1. The van der Waals surface area contributed by atoms with Crippen LogP contribution in [0.3, 0.4) is 0 Å². The number of carbonyl (C=O) groups excluding carboxylic acids is 2. The molecule has 176 valence electrons. The molecule has 1 amide bonds. The number of hydrogen-bond acceptors (Lipinski definition) is 6. The number of amides is 1. The fourth-order valence-corrected chi connectivity index (χ4v) is 5.24. The molecule has 0 bridgehead atoms. The first-order valence-corrected chi connectivity index (χ1v) is 11.9. The van der Waals surface area contributed by atoms with Gasteiger partial charge in [-0.1, -0.05) is 23.7 Å². The average Bonchev–Trinajstić information content (AvgIpc) is 3.33. The molecule has 3 aromatic rings. The van der Waals surface area contributed by atoms with E-state index in [9.17, 15) is 14.7 Å². The van der Waals surface area contributed by atoms with Crippen molar-refractivity contribution in [3.8, 4) is 11.5 Å². The number of anilines is 1. The molecule has 0 radical (unpaired) electrons. The summed E-state index contributed by atoms with van der Waals surface area (Å²) in [7, 11) is 1.50. The van der Waals surface area contributed by atoms with Crippen molar-refractivity contribution in [2.45, 2.75) is 32.9 Å². The van der Waals surface area contributed by atoms with Crippen LogP contribution in [-0.2, 0) is 9.59 Å². The number of ether oxygens (including phenoxy) is 2. The lowest BCUT2D eigenvalue weighted by Gasteiger charge is -2.25. The molecule has 0 aliphatic carbocycles. The van der Waals surface area contributed by atoms with E-state index in [-0.39, 0.29) is 17.4 Å². The van der Waals surface area contributed by atoms with E-state index in [1.165, 1.54) is 23.3 Å². The van der Waals surface area contributed by atoms with Crippen LogP contribution in [0.15, 0.2) is 59.5 Å². The van der Waals surface area contributed by atoms with Crippen LogP contribution < -0.4 is 14.4 Å². The maximum absolute atomic E-state index is 13.3. The second kappa shape index (κ2) is 9.52. The smallest absolute Gasteiger partial charge is 0.300 e. The summed E-state index contributed by atoms with van der Waals surface area (Å²) < 4.78 is 11.0. The molecule has 1 aromatic heterocycles. The van der Waals surface area contributed by atoms with Crippen molar-refractivity contribution in [3.63, 3.8) is 0 Å². The Morgan fingerprint density at radius 1 is 1.15 bits per heavy atom. The van der Waals surface area contributed by atoms with Gasteiger partial charge in [0.25, 0.3) is 11.7 Å². The van der Waals surface area contributed by atoms with Crippen molar-refractivity contribution in [2.75, 3.05) is 12.0 Å². The number of aliphatic hydroxyl groups is 1. The van der Waals surface area contributed by atoms with Crippen molar-refractivity contribution < 1.29 is 24.2 Å². The minimum absolute atomic E-state index is 0.0178. The van der Waals surface area contributed by atoms with E-state index in [2.05, 4.69) is 0 Å². The summed E-state index contributed by atoms with van der Waals surface area (Å²) in [6.07, 6.45) is -0.0587. The van der Waals surface area contributed by atoms with Gasteiger partial charge in [0, 0.05) is 16.1 Å². The topological polar surface area (TPSA) is 76.1 Å². The number of rotatable bonds is 6. The second-order valence-corrected chi connectivity index (χ2v) is 9.51. The van der Waals surface area contributed by atoms with E-state index in [1.54, 1.807) is 42.5 Å². The van der Waals surface area contributed by atoms with Crippen molar-refractivity contribution in [1.29, 1.82) is 0 Å². The van der Waals surface area contributed by atoms with Gasteiger partial charge in [-0.25, -0.2) is 0 Å². The minimum atomic E-state index is -0.806. The first kappa shape index (κ1) is 23.9. The lowest BCUT2D eigenvalue weighted by molar-refractivity contribution is -0.132. The molecule has 1 fully saturated rings. The van der Waals surface area contributed by atoms with Gasteiger partial charge in [0.05, 0.1) is 23.8 Å². The van der Waals surface area contributed by atoms with Gasteiger partial charge in [0.2, 0.25) is 0 Å². The molecular formula is C26H24ClNO5S. The van der Waals surface area contributed by atoms with Crippen molar-refractivity contribution >= 4 is 46.1 Å². The molecule has 6 nitrogen and oxygen atoms in total. The summed E-state index contributed by atoms with van der Waals surface area (Å²) in [5.74, 6) is -0.757. The monoisotopic (exact) mass is 497 g/mol. The lowest BCUT2D eigenvalue weighted by Crippen LogP contribution is -2.29. The Morgan fingerprint density at radius 2 is 1.91 bits per heavy atom. The summed E-state index contributed by atoms with van der Waals surface area (Å²) >= 11 is 7.74. The standard InChI is InChI=1S/C26H24ClNO5S/c1-14(2)33-18-7-5-6-16(12-18)23(29)21-22(25-15(3)10-11-34-25)28(26(31)24(21)30)17-8-9-20(32-4)19(27)13-17/h5-14,22,29H,1-4H3/b23-21-. The fraction of sp³-hybridized carbons (Fsp3) is 0.231. The van der Waals surface area contributed by atoms with Gasteiger partial charge in [0.1, 0.15) is 23.3 Å². The molecule has 8 heteroatoms.